The van der Waals surface area contributed by atoms with Crippen LogP contribution in [0.4, 0.5) is 13.2 Å². The van der Waals surface area contributed by atoms with Crippen molar-refractivity contribution in [2.24, 2.45) is 10.9 Å². The lowest BCUT2D eigenvalue weighted by molar-refractivity contribution is -0.140. The maximum Gasteiger partial charge on any atom is 0.434 e. The fourth-order valence-corrected chi connectivity index (χ4v) is 4.03. The summed E-state index contributed by atoms with van der Waals surface area (Å²) >= 11 is 1.04. The van der Waals surface area contributed by atoms with Crippen LogP contribution >= 0.6 is 11.3 Å². The maximum absolute atomic E-state index is 12.5. The zero-order valence-corrected chi connectivity index (χ0v) is 16.9. The number of likely N-dealkylation sites (tertiary alicyclic amines) is 1. The van der Waals surface area contributed by atoms with Crippen LogP contribution in [-0.2, 0) is 12.6 Å². The average Bonchev–Trinajstić information content (AvgIpc) is 3.09. The Morgan fingerprint density at radius 1 is 1.33 bits per heavy atom. The van der Waals surface area contributed by atoms with Gasteiger partial charge >= 0.3 is 6.18 Å². The van der Waals surface area contributed by atoms with E-state index in [-0.39, 0.29) is 0 Å². The van der Waals surface area contributed by atoms with E-state index in [9.17, 15) is 13.2 Å². The lowest BCUT2D eigenvalue weighted by atomic mass is 10.0. The van der Waals surface area contributed by atoms with Crippen LogP contribution in [0.5, 0.6) is 0 Å². The summed E-state index contributed by atoms with van der Waals surface area (Å²) in [6, 6.07) is 0. The minimum atomic E-state index is -4.37. The smallest absolute Gasteiger partial charge is 0.356 e. The molecular formula is C18H30F3N5S. The van der Waals surface area contributed by atoms with Crippen molar-refractivity contribution < 1.29 is 13.2 Å². The van der Waals surface area contributed by atoms with Crippen LogP contribution in [-0.4, -0.2) is 55.6 Å². The largest absolute Gasteiger partial charge is 0.434 e. The molecule has 154 valence electrons. The molecule has 1 aromatic rings. The van der Waals surface area contributed by atoms with E-state index < -0.39 is 11.9 Å². The number of guanidine groups is 1. The van der Waals surface area contributed by atoms with Crippen LogP contribution in [0.1, 0.15) is 43.3 Å². The highest BCUT2D eigenvalue weighted by Gasteiger charge is 2.33. The van der Waals surface area contributed by atoms with Gasteiger partial charge in [0, 0.05) is 38.5 Å². The highest BCUT2D eigenvalue weighted by atomic mass is 32.1. The van der Waals surface area contributed by atoms with Crippen molar-refractivity contribution in [1.82, 2.24) is 20.5 Å². The van der Waals surface area contributed by atoms with Gasteiger partial charge in [-0.3, -0.25) is 4.99 Å². The summed E-state index contributed by atoms with van der Waals surface area (Å²) in [5.41, 5.74) is -0.812. The highest BCUT2D eigenvalue weighted by molar-refractivity contribution is 7.09. The van der Waals surface area contributed by atoms with Crippen molar-refractivity contribution in [3.8, 4) is 0 Å². The van der Waals surface area contributed by atoms with Crippen molar-refractivity contribution in [3.63, 3.8) is 0 Å². The van der Waals surface area contributed by atoms with E-state index >= 15 is 0 Å². The number of unbranched alkanes of at least 4 members (excludes halogenated alkanes) is 1. The number of hydrogen-bond acceptors (Lipinski definition) is 4. The number of aromatic nitrogens is 1. The second-order valence-corrected chi connectivity index (χ2v) is 8.00. The molecule has 2 rings (SSSR count). The molecule has 5 nitrogen and oxygen atoms in total. The molecule has 9 heteroatoms. The maximum atomic E-state index is 12.5. The van der Waals surface area contributed by atoms with Crippen molar-refractivity contribution in [2.75, 3.05) is 39.8 Å². The summed E-state index contributed by atoms with van der Waals surface area (Å²) in [5, 5.41) is 7.92. The molecule has 1 atom stereocenters. The Bertz CT molecular complexity index is 588. The van der Waals surface area contributed by atoms with Gasteiger partial charge in [0.25, 0.3) is 0 Å². The summed E-state index contributed by atoms with van der Waals surface area (Å²) in [5.74, 6) is 1.49. The van der Waals surface area contributed by atoms with E-state index in [1.807, 2.05) is 0 Å². The standard InChI is InChI=1S/C18H30F3N5S/c1-14-6-5-11-26(12-14)10-4-3-8-23-17(22-2)24-9-7-16-25-15(13-27-16)18(19,20)21/h13-14H,3-12H2,1-2H3,(H2,22,23,24). The van der Waals surface area contributed by atoms with Crippen molar-refractivity contribution in [3.05, 3.63) is 16.1 Å². The first kappa shape index (κ1) is 21.9. The Morgan fingerprint density at radius 2 is 2.11 bits per heavy atom. The first-order valence-corrected chi connectivity index (χ1v) is 10.4. The number of halogens is 3. The number of piperidine rings is 1. The summed E-state index contributed by atoms with van der Waals surface area (Å²) in [7, 11) is 1.69. The lowest BCUT2D eigenvalue weighted by Crippen LogP contribution is -2.39. The molecule has 0 radical (unpaired) electrons. The molecule has 0 saturated carbocycles. The van der Waals surface area contributed by atoms with E-state index in [0.717, 1.165) is 48.6 Å². The lowest BCUT2D eigenvalue weighted by Gasteiger charge is -2.30. The molecule has 1 unspecified atom stereocenters. The van der Waals surface area contributed by atoms with Gasteiger partial charge in [0.1, 0.15) is 0 Å². The minimum absolute atomic E-state index is 0.439. The topological polar surface area (TPSA) is 52.6 Å². The van der Waals surface area contributed by atoms with Crippen molar-refractivity contribution in [2.45, 2.75) is 45.2 Å². The normalized spacial score (nSPS) is 19.3. The van der Waals surface area contributed by atoms with Gasteiger partial charge in [-0.25, -0.2) is 4.98 Å². The van der Waals surface area contributed by atoms with E-state index in [2.05, 4.69) is 32.4 Å². The molecule has 0 spiro atoms. The van der Waals surface area contributed by atoms with E-state index in [1.54, 1.807) is 7.05 Å². The second kappa shape index (κ2) is 10.8. The molecule has 0 aromatic carbocycles. The van der Waals surface area contributed by atoms with Crippen LogP contribution in [0.2, 0.25) is 0 Å². The van der Waals surface area contributed by atoms with Gasteiger partial charge in [-0.15, -0.1) is 11.3 Å². The van der Waals surface area contributed by atoms with Gasteiger partial charge in [-0.2, -0.15) is 13.2 Å². The summed E-state index contributed by atoms with van der Waals surface area (Å²) in [6.45, 7) is 7.22. The Morgan fingerprint density at radius 3 is 2.78 bits per heavy atom. The molecular weight excluding hydrogens is 375 g/mol. The van der Waals surface area contributed by atoms with Crippen LogP contribution in [0.3, 0.4) is 0 Å². The minimum Gasteiger partial charge on any atom is -0.356 e. The third-order valence-electron chi connectivity index (χ3n) is 4.63. The first-order valence-electron chi connectivity index (χ1n) is 9.57. The Kier molecular flexibility index (Phi) is 8.82. The zero-order valence-electron chi connectivity index (χ0n) is 16.1. The number of nitrogens with zero attached hydrogens (tertiary/aromatic N) is 3. The molecule has 1 aromatic heterocycles. The number of nitrogens with one attached hydrogen (secondary N) is 2. The first-order chi connectivity index (χ1) is 12.9. The Labute approximate surface area is 163 Å². The molecule has 0 bridgehead atoms. The number of thiazole rings is 1. The van der Waals surface area contributed by atoms with Crippen molar-refractivity contribution >= 4 is 17.3 Å². The number of rotatable bonds is 8. The third kappa shape index (κ3) is 8.04. The van der Waals surface area contributed by atoms with Gasteiger partial charge in [0.05, 0.1) is 5.01 Å². The molecule has 2 heterocycles. The zero-order chi connectivity index (χ0) is 19.7. The van der Waals surface area contributed by atoms with Crippen LogP contribution in [0.15, 0.2) is 10.4 Å². The van der Waals surface area contributed by atoms with Crippen molar-refractivity contribution in [1.29, 1.82) is 0 Å². The Balaban J connectivity index is 1.57. The van der Waals surface area contributed by atoms with Gasteiger partial charge < -0.3 is 15.5 Å². The number of alkyl halides is 3. The fourth-order valence-electron chi connectivity index (χ4n) is 3.22. The molecule has 1 saturated heterocycles. The van der Waals surface area contributed by atoms with E-state index in [4.69, 9.17) is 0 Å². The Hall–Kier alpha value is -1.35. The van der Waals surface area contributed by atoms with Crippen LogP contribution in [0, 0.1) is 5.92 Å². The highest BCUT2D eigenvalue weighted by Crippen LogP contribution is 2.29. The molecule has 1 fully saturated rings. The predicted octanol–water partition coefficient (Wildman–Crippen LogP) is 3.38. The summed E-state index contributed by atoms with van der Waals surface area (Å²) < 4.78 is 37.6. The van der Waals surface area contributed by atoms with Crippen LogP contribution in [0.25, 0.3) is 0 Å². The van der Waals surface area contributed by atoms with E-state index in [1.165, 1.54) is 25.9 Å². The van der Waals surface area contributed by atoms with E-state index in [0.29, 0.717) is 23.9 Å². The predicted molar refractivity (Wildman–Crippen MR) is 104 cm³/mol. The second-order valence-electron chi connectivity index (χ2n) is 7.06. The SMILES string of the molecule is CN=C(NCCCCN1CCCC(C)C1)NCCc1nc(C(F)(F)F)cs1. The molecule has 0 amide bonds. The average molecular weight is 406 g/mol. The molecule has 2 N–H and O–H groups in total. The summed E-state index contributed by atoms with van der Waals surface area (Å²) in [4.78, 5) is 10.3. The quantitative estimate of drug-likeness (QED) is 0.396. The van der Waals surface area contributed by atoms with Gasteiger partial charge in [-0.1, -0.05) is 6.92 Å². The molecule has 0 aliphatic carbocycles. The third-order valence-corrected chi connectivity index (χ3v) is 5.54. The van der Waals surface area contributed by atoms with Gasteiger partial charge in [-0.05, 0) is 44.7 Å². The molecule has 27 heavy (non-hydrogen) atoms. The number of aliphatic imine (C=N–C) groups is 1. The number of hydrogen-bond donors (Lipinski definition) is 2. The molecule has 1 aliphatic heterocycles. The molecule has 1 aliphatic rings. The van der Waals surface area contributed by atoms with Gasteiger partial charge in [0.15, 0.2) is 11.7 Å². The summed E-state index contributed by atoms with van der Waals surface area (Å²) in [6.07, 6.45) is 0.932. The van der Waals surface area contributed by atoms with Gasteiger partial charge in [0.2, 0.25) is 0 Å². The van der Waals surface area contributed by atoms with Crippen LogP contribution < -0.4 is 10.6 Å². The fraction of sp³-hybridized carbons (Fsp3) is 0.778. The monoisotopic (exact) mass is 405 g/mol.